The largest absolute Gasteiger partial charge is 0.386 e. The summed E-state index contributed by atoms with van der Waals surface area (Å²) in [6, 6.07) is 21.1. The molecule has 0 spiro atoms. The van der Waals surface area contributed by atoms with E-state index in [1.54, 1.807) is 12.1 Å². The minimum atomic E-state index is -4.71. The number of carbonyl (C=O) groups is 1. The fourth-order valence-electron chi connectivity index (χ4n) is 4.61. The normalized spacial score (nSPS) is 15.0. The standard InChI is InChI=1S/C30H30N2O7S2/c1-3-31-24-12-8-22(9-13-24)30(28-17-16-26(33)19-29(28)41(37,38)39)23-10-14-25(15-11-23)32(4-2)20-21-6-5-7-27(18-21)40(34,35)36/h5-19H,3-4,20H2,1-2H3,(H3-,31,33,34,35,36,37,38,39)/p+1. The molecule has 4 rings (SSSR count). The highest BCUT2D eigenvalue weighted by Gasteiger charge is 2.27. The number of allylic oxidation sites excluding steroid dienone is 4. The summed E-state index contributed by atoms with van der Waals surface area (Å²) in [6.45, 7) is 5.68. The molecule has 0 aromatic heterocycles. The van der Waals surface area contributed by atoms with E-state index < -0.39 is 31.3 Å². The summed E-state index contributed by atoms with van der Waals surface area (Å²) in [4.78, 5) is 13.5. The van der Waals surface area contributed by atoms with Crippen LogP contribution in [0.15, 0.2) is 106 Å². The van der Waals surface area contributed by atoms with E-state index >= 15 is 0 Å². The summed E-state index contributed by atoms with van der Waals surface area (Å²) in [5.74, 6) is -0.542. The van der Waals surface area contributed by atoms with Crippen molar-refractivity contribution in [1.82, 2.24) is 0 Å². The van der Waals surface area contributed by atoms with Gasteiger partial charge in [0.15, 0.2) is 5.78 Å². The van der Waals surface area contributed by atoms with Crippen molar-refractivity contribution < 1.29 is 31.1 Å². The minimum absolute atomic E-state index is 0.0699. The second kappa shape index (κ2) is 12.3. The van der Waals surface area contributed by atoms with Gasteiger partial charge in [0.2, 0.25) is 4.90 Å². The van der Waals surface area contributed by atoms with Crippen molar-refractivity contribution in [3.05, 3.63) is 118 Å². The van der Waals surface area contributed by atoms with Crippen LogP contribution in [0.25, 0.3) is 5.57 Å². The maximum Gasteiger partial charge on any atom is 0.386 e. The molecule has 41 heavy (non-hydrogen) atoms. The molecule has 0 amide bonds. The van der Waals surface area contributed by atoms with Gasteiger partial charge in [-0.3, -0.25) is 9.35 Å². The third kappa shape index (κ3) is 7.26. The topological polar surface area (TPSA) is 144 Å². The lowest BCUT2D eigenvalue weighted by Crippen LogP contribution is -2.22. The highest BCUT2D eigenvalue weighted by atomic mass is 32.3. The Morgan fingerprint density at radius 3 is 2.12 bits per heavy atom. The van der Waals surface area contributed by atoms with E-state index in [0.717, 1.165) is 29.6 Å². The average Bonchev–Trinajstić information content (AvgIpc) is 2.93. The van der Waals surface area contributed by atoms with Gasteiger partial charge in [-0.1, -0.05) is 36.4 Å². The number of carbonyl (C=O) groups excluding carboxylic acids is 1. The molecule has 3 aromatic rings. The van der Waals surface area contributed by atoms with Gasteiger partial charge in [0.25, 0.3) is 10.1 Å². The number of benzene rings is 3. The number of ketones is 1. The smallest absolute Gasteiger partial charge is 0.385 e. The lowest BCUT2D eigenvalue weighted by atomic mass is 9.90. The SMILES string of the molecule is CCNc1ccc(C(=C2C=CC(=O)C=C2S(=O)(=O)O)c2ccc(N(CC)Cc3cccc([S+](=O)(O)O)c3)cc2)cc1. The van der Waals surface area contributed by atoms with Crippen LogP contribution in [0.1, 0.15) is 30.5 Å². The molecular formula is C30H31N2O7S2+. The highest BCUT2D eigenvalue weighted by molar-refractivity contribution is 7.92. The summed E-state index contributed by atoms with van der Waals surface area (Å²) in [5, 5.41) is 3.22. The second-order valence-corrected chi connectivity index (χ2v) is 12.2. The quantitative estimate of drug-likeness (QED) is 0.172. The zero-order valence-electron chi connectivity index (χ0n) is 22.5. The first-order valence-corrected chi connectivity index (χ1v) is 15.8. The predicted octanol–water partition coefficient (Wildman–Crippen LogP) is 5.66. The third-order valence-electron chi connectivity index (χ3n) is 6.54. The van der Waals surface area contributed by atoms with Crippen molar-refractivity contribution in [3.8, 4) is 0 Å². The fraction of sp³-hybridized carbons (Fsp3) is 0.167. The van der Waals surface area contributed by atoms with Crippen LogP contribution in [0, 0.1) is 0 Å². The molecule has 0 saturated carbocycles. The number of nitrogens with zero attached hydrogens (tertiary/aromatic N) is 1. The Bertz CT molecular complexity index is 1690. The van der Waals surface area contributed by atoms with E-state index in [1.807, 2.05) is 67.3 Å². The minimum Gasteiger partial charge on any atom is -0.385 e. The van der Waals surface area contributed by atoms with Crippen LogP contribution in [-0.4, -0.2) is 40.9 Å². The highest BCUT2D eigenvalue weighted by Crippen LogP contribution is 2.36. The van der Waals surface area contributed by atoms with Crippen LogP contribution in [-0.2, 0) is 36.2 Å². The Hall–Kier alpha value is -3.87. The molecular weight excluding hydrogens is 564 g/mol. The second-order valence-electron chi connectivity index (χ2n) is 9.32. The van der Waals surface area contributed by atoms with Crippen molar-refractivity contribution in [2.75, 3.05) is 23.3 Å². The van der Waals surface area contributed by atoms with E-state index in [-0.39, 0.29) is 10.5 Å². The maximum absolute atomic E-state index is 12.3. The molecule has 0 aliphatic heterocycles. The van der Waals surface area contributed by atoms with E-state index in [0.29, 0.717) is 29.8 Å². The number of anilines is 2. The number of hydrogen-bond acceptors (Lipinski definition) is 6. The molecule has 4 N–H and O–H groups in total. The number of rotatable bonds is 10. The molecule has 0 atom stereocenters. The summed E-state index contributed by atoms with van der Waals surface area (Å²) < 4.78 is 65.2. The van der Waals surface area contributed by atoms with Gasteiger partial charge in [-0.05, 0) is 82.8 Å². The molecule has 11 heteroatoms. The molecule has 0 heterocycles. The molecule has 0 radical (unpaired) electrons. The molecule has 1 aliphatic rings. The van der Waals surface area contributed by atoms with Gasteiger partial charge >= 0.3 is 10.5 Å². The molecule has 9 nitrogen and oxygen atoms in total. The first-order chi connectivity index (χ1) is 19.4. The van der Waals surface area contributed by atoms with Crippen molar-refractivity contribution >= 4 is 43.3 Å². The fourth-order valence-corrected chi connectivity index (χ4v) is 5.89. The Morgan fingerprint density at radius 2 is 1.56 bits per heavy atom. The Labute approximate surface area is 240 Å². The van der Waals surface area contributed by atoms with Crippen LogP contribution in [0.5, 0.6) is 0 Å². The van der Waals surface area contributed by atoms with Gasteiger partial charge in [-0.15, -0.1) is 0 Å². The molecule has 0 unspecified atom stereocenters. The van der Waals surface area contributed by atoms with Gasteiger partial charge in [0.05, 0.1) is 0 Å². The van der Waals surface area contributed by atoms with Crippen molar-refractivity contribution in [1.29, 1.82) is 0 Å². The third-order valence-corrected chi connectivity index (χ3v) is 8.30. The van der Waals surface area contributed by atoms with Crippen molar-refractivity contribution in [3.63, 3.8) is 0 Å². The van der Waals surface area contributed by atoms with Gasteiger partial charge in [-0.2, -0.15) is 17.5 Å². The Kier molecular flexibility index (Phi) is 9.05. The molecule has 214 valence electrons. The predicted molar refractivity (Wildman–Crippen MR) is 162 cm³/mol. The molecule has 0 saturated heterocycles. The van der Waals surface area contributed by atoms with Gasteiger partial charge in [-0.25, -0.2) is 0 Å². The molecule has 0 fully saturated rings. The summed E-state index contributed by atoms with van der Waals surface area (Å²) in [7, 11) is -8.78. The summed E-state index contributed by atoms with van der Waals surface area (Å²) in [5.41, 5.74) is 4.50. The van der Waals surface area contributed by atoms with Crippen molar-refractivity contribution in [2.45, 2.75) is 25.3 Å². The lowest BCUT2D eigenvalue weighted by molar-refractivity contribution is -0.110. The monoisotopic (exact) mass is 595 g/mol. The molecule has 1 aliphatic carbocycles. The van der Waals surface area contributed by atoms with E-state index in [2.05, 4.69) is 5.32 Å². The zero-order chi connectivity index (χ0) is 29.8. The van der Waals surface area contributed by atoms with Crippen LogP contribution >= 0.6 is 0 Å². The van der Waals surface area contributed by atoms with Crippen LogP contribution in [0.2, 0.25) is 0 Å². The van der Waals surface area contributed by atoms with E-state index in [4.69, 9.17) is 0 Å². The summed E-state index contributed by atoms with van der Waals surface area (Å²) in [6.07, 6.45) is 3.57. The Morgan fingerprint density at radius 1 is 0.927 bits per heavy atom. The van der Waals surface area contributed by atoms with Gasteiger partial charge in [0.1, 0.15) is 4.91 Å². The van der Waals surface area contributed by atoms with Gasteiger partial charge in [0, 0.05) is 48.7 Å². The number of hydrogen-bond donors (Lipinski definition) is 4. The Balaban J connectivity index is 1.77. The molecule has 0 bridgehead atoms. The molecule has 3 aromatic carbocycles. The van der Waals surface area contributed by atoms with E-state index in [9.17, 15) is 31.1 Å². The first kappa shape index (κ1) is 30.1. The first-order valence-electron chi connectivity index (χ1n) is 12.8. The maximum atomic E-state index is 12.3. The van der Waals surface area contributed by atoms with Gasteiger partial charge < -0.3 is 10.2 Å². The van der Waals surface area contributed by atoms with Crippen LogP contribution in [0.4, 0.5) is 11.4 Å². The van der Waals surface area contributed by atoms with Crippen molar-refractivity contribution in [2.24, 2.45) is 0 Å². The van der Waals surface area contributed by atoms with Crippen LogP contribution < -0.4 is 10.2 Å². The number of nitrogens with one attached hydrogen (secondary N) is 1. The average molecular weight is 596 g/mol. The van der Waals surface area contributed by atoms with E-state index in [1.165, 1.54) is 24.3 Å². The lowest BCUT2D eigenvalue weighted by Gasteiger charge is -2.24. The zero-order valence-corrected chi connectivity index (χ0v) is 24.2. The van der Waals surface area contributed by atoms with Crippen LogP contribution in [0.3, 0.4) is 0 Å². The summed E-state index contributed by atoms with van der Waals surface area (Å²) >= 11 is 0.